The summed E-state index contributed by atoms with van der Waals surface area (Å²) in [6.07, 6.45) is 3.81. The first kappa shape index (κ1) is 20.3. The van der Waals surface area contributed by atoms with Crippen molar-refractivity contribution in [1.29, 1.82) is 0 Å². The van der Waals surface area contributed by atoms with Crippen LogP contribution >= 0.6 is 11.8 Å². The molecule has 0 atom stereocenters. The highest BCUT2D eigenvalue weighted by Crippen LogP contribution is 2.37. The summed E-state index contributed by atoms with van der Waals surface area (Å²) in [5.41, 5.74) is 2.93. The van der Waals surface area contributed by atoms with Crippen LogP contribution in [0.25, 0.3) is 11.4 Å². The number of nitrogens with zero attached hydrogens (tertiary/aromatic N) is 5. The van der Waals surface area contributed by atoms with Crippen molar-refractivity contribution in [3.63, 3.8) is 0 Å². The van der Waals surface area contributed by atoms with Gasteiger partial charge in [0.05, 0.1) is 11.6 Å². The number of carbonyl (C=O) groups is 1. The Labute approximate surface area is 188 Å². The van der Waals surface area contributed by atoms with Crippen LogP contribution < -0.4 is 5.32 Å². The van der Waals surface area contributed by atoms with Gasteiger partial charge in [0.25, 0.3) is 5.91 Å². The smallest absolute Gasteiger partial charge is 0.258 e. The Bertz CT molecular complexity index is 1260. The van der Waals surface area contributed by atoms with Crippen LogP contribution in [0.3, 0.4) is 0 Å². The van der Waals surface area contributed by atoms with Gasteiger partial charge in [0.15, 0.2) is 5.82 Å². The zero-order valence-corrected chi connectivity index (χ0v) is 17.8. The number of benzene rings is 2. The minimum Gasteiger partial charge on any atom is -0.322 e. The van der Waals surface area contributed by atoms with Crippen molar-refractivity contribution in [1.82, 2.24) is 25.2 Å². The maximum Gasteiger partial charge on any atom is 0.258 e. The Morgan fingerprint density at radius 2 is 1.97 bits per heavy atom. The van der Waals surface area contributed by atoms with E-state index in [1.807, 2.05) is 28.9 Å². The van der Waals surface area contributed by atoms with E-state index in [-0.39, 0.29) is 11.7 Å². The zero-order valence-electron chi connectivity index (χ0n) is 17.0. The van der Waals surface area contributed by atoms with Crippen LogP contribution in [-0.4, -0.2) is 31.1 Å². The molecular formula is C23H19FN6OS. The van der Waals surface area contributed by atoms with E-state index in [0.717, 1.165) is 24.0 Å². The molecule has 32 heavy (non-hydrogen) atoms. The van der Waals surface area contributed by atoms with Crippen LogP contribution in [-0.2, 0) is 5.75 Å². The maximum atomic E-state index is 13.1. The second-order valence-corrected chi connectivity index (χ2v) is 8.45. The fraction of sp³-hybridized carbons (Fsp3) is 0.174. The molecule has 0 radical (unpaired) electrons. The molecule has 2 heterocycles. The summed E-state index contributed by atoms with van der Waals surface area (Å²) in [4.78, 5) is 17.4. The first-order valence-electron chi connectivity index (χ1n) is 10.2. The summed E-state index contributed by atoms with van der Waals surface area (Å²) < 4.78 is 15.0. The summed E-state index contributed by atoms with van der Waals surface area (Å²) in [6, 6.07) is 17.6. The molecule has 7 nitrogen and oxygen atoms in total. The fourth-order valence-electron chi connectivity index (χ4n) is 3.29. The van der Waals surface area contributed by atoms with Crippen LogP contribution in [0.15, 0.2) is 71.9 Å². The molecule has 0 saturated heterocycles. The van der Waals surface area contributed by atoms with Gasteiger partial charge < -0.3 is 5.32 Å². The molecule has 2 aromatic heterocycles. The number of thioether (sulfide) groups is 1. The quantitative estimate of drug-likeness (QED) is 0.412. The molecule has 1 aliphatic carbocycles. The van der Waals surface area contributed by atoms with E-state index in [4.69, 9.17) is 0 Å². The molecule has 1 amide bonds. The van der Waals surface area contributed by atoms with Gasteiger partial charge in [0.2, 0.25) is 0 Å². The molecule has 0 unspecified atom stereocenters. The number of hydrogen-bond donors (Lipinski definition) is 1. The second-order valence-electron chi connectivity index (χ2n) is 7.48. The molecular weight excluding hydrogens is 427 g/mol. The lowest BCUT2D eigenvalue weighted by Gasteiger charge is -2.10. The van der Waals surface area contributed by atoms with Gasteiger partial charge in [-0.05, 0) is 65.2 Å². The van der Waals surface area contributed by atoms with Gasteiger partial charge in [-0.15, -0.1) is 16.9 Å². The van der Waals surface area contributed by atoms with E-state index in [1.165, 1.54) is 23.9 Å². The Morgan fingerprint density at radius 1 is 1.12 bits per heavy atom. The minimum atomic E-state index is -0.273. The van der Waals surface area contributed by atoms with Crippen molar-refractivity contribution in [2.45, 2.75) is 29.7 Å². The third-order valence-electron chi connectivity index (χ3n) is 5.07. The number of tetrazole rings is 1. The van der Waals surface area contributed by atoms with E-state index in [0.29, 0.717) is 33.9 Å². The standard InChI is InChI=1S/C23H19FN6OS/c24-17-8-6-15(7-9-17)14-32-23-20(5-2-12-25-23)22(31)26-18-4-1-3-16(13-18)21-27-28-29-30(21)19-10-11-19/h1-9,12-13,19H,10-11,14H2,(H,26,31). The molecule has 1 fully saturated rings. The summed E-state index contributed by atoms with van der Waals surface area (Å²) in [5, 5.41) is 15.6. The predicted octanol–water partition coefficient (Wildman–Crippen LogP) is 4.75. The van der Waals surface area contributed by atoms with Gasteiger partial charge in [0.1, 0.15) is 10.8 Å². The third kappa shape index (κ3) is 4.52. The molecule has 0 spiro atoms. The van der Waals surface area contributed by atoms with E-state index >= 15 is 0 Å². The van der Waals surface area contributed by atoms with Crippen molar-refractivity contribution >= 4 is 23.4 Å². The van der Waals surface area contributed by atoms with E-state index in [9.17, 15) is 9.18 Å². The fourth-order valence-corrected chi connectivity index (χ4v) is 4.24. The number of nitrogens with one attached hydrogen (secondary N) is 1. The highest BCUT2D eigenvalue weighted by atomic mass is 32.2. The summed E-state index contributed by atoms with van der Waals surface area (Å²) in [7, 11) is 0. The molecule has 1 aliphatic rings. The van der Waals surface area contributed by atoms with E-state index in [1.54, 1.807) is 30.5 Å². The van der Waals surface area contributed by atoms with Crippen molar-refractivity contribution in [3.05, 3.63) is 83.8 Å². The normalized spacial score (nSPS) is 13.2. The number of aromatic nitrogens is 5. The Hall–Kier alpha value is -3.59. The monoisotopic (exact) mass is 446 g/mol. The topological polar surface area (TPSA) is 85.6 Å². The van der Waals surface area contributed by atoms with Crippen molar-refractivity contribution in [2.75, 3.05) is 5.32 Å². The number of halogens is 1. The summed E-state index contributed by atoms with van der Waals surface area (Å²) in [5.74, 6) is 0.751. The SMILES string of the molecule is O=C(Nc1cccc(-c2nnnn2C2CC2)c1)c1cccnc1SCc1ccc(F)cc1. The van der Waals surface area contributed by atoms with Crippen LogP contribution in [0, 0.1) is 5.82 Å². The summed E-state index contributed by atoms with van der Waals surface area (Å²) >= 11 is 1.43. The molecule has 160 valence electrons. The molecule has 2 aromatic carbocycles. The molecule has 0 bridgehead atoms. The van der Waals surface area contributed by atoms with Crippen molar-refractivity contribution in [2.24, 2.45) is 0 Å². The minimum absolute atomic E-state index is 0.251. The van der Waals surface area contributed by atoms with Gasteiger partial charge in [0, 0.05) is 23.2 Å². The van der Waals surface area contributed by atoms with Gasteiger partial charge in [-0.3, -0.25) is 4.79 Å². The number of amides is 1. The number of hydrogen-bond acceptors (Lipinski definition) is 6. The van der Waals surface area contributed by atoms with Crippen LogP contribution in [0.1, 0.15) is 34.8 Å². The molecule has 5 rings (SSSR count). The highest BCUT2D eigenvalue weighted by molar-refractivity contribution is 7.98. The lowest BCUT2D eigenvalue weighted by atomic mass is 10.1. The highest BCUT2D eigenvalue weighted by Gasteiger charge is 2.28. The lowest BCUT2D eigenvalue weighted by Crippen LogP contribution is -2.13. The molecule has 1 saturated carbocycles. The van der Waals surface area contributed by atoms with E-state index < -0.39 is 0 Å². The lowest BCUT2D eigenvalue weighted by molar-refractivity contribution is 0.102. The largest absolute Gasteiger partial charge is 0.322 e. The number of anilines is 1. The first-order valence-corrected chi connectivity index (χ1v) is 11.2. The first-order chi connectivity index (χ1) is 15.7. The Balaban J connectivity index is 1.32. The van der Waals surface area contributed by atoms with Gasteiger partial charge in [-0.25, -0.2) is 14.1 Å². The maximum absolute atomic E-state index is 13.1. The number of pyridine rings is 1. The van der Waals surface area contributed by atoms with E-state index in [2.05, 4.69) is 25.8 Å². The van der Waals surface area contributed by atoms with Crippen molar-refractivity contribution in [3.8, 4) is 11.4 Å². The second kappa shape index (κ2) is 8.88. The van der Waals surface area contributed by atoms with Gasteiger partial charge in [-0.2, -0.15) is 0 Å². The predicted molar refractivity (Wildman–Crippen MR) is 120 cm³/mol. The zero-order chi connectivity index (χ0) is 21.9. The third-order valence-corrected chi connectivity index (χ3v) is 6.15. The van der Waals surface area contributed by atoms with Crippen LogP contribution in [0.2, 0.25) is 0 Å². The number of rotatable bonds is 7. The molecule has 1 N–H and O–H groups in total. The average Bonchev–Trinajstić information content (AvgIpc) is 3.55. The Kier molecular flexibility index (Phi) is 5.64. The van der Waals surface area contributed by atoms with Crippen molar-refractivity contribution < 1.29 is 9.18 Å². The van der Waals surface area contributed by atoms with Gasteiger partial charge >= 0.3 is 0 Å². The molecule has 9 heteroatoms. The van der Waals surface area contributed by atoms with Crippen LogP contribution in [0.5, 0.6) is 0 Å². The average molecular weight is 447 g/mol. The summed E-state index contributed by atoms with van der Waals surface area (Å²) in [6.45, 7) is 0. The molecule has 0 aliphatic heterocycles. The van der Waals surface area contributed by atoms with Crippen LogP contribution in [0.4, 0.5) is 10.1 Å². The Morgan fingerprint density at radius 3 is 2.78 bits per heavy atom. The number of carbonyl (C=O) groups excluding carboxylic acids is 1. The van der Waals surface area contributed by atoms with Gasteiger partial charge in [-0.1, -0.05) is 24.3 Å². The molecule has 4 aromatic rings.